The Labute approximate surface area is 374 Å². The van der Waals surface area contributed by atoms with E-state index in [0.29, 0.717) is 11.1 Å². The van der Waals surface area contributed by atoms with E-state index in [4.69, 9.17) is 17.4 Å². The summed E-state index contributed by atoms with van der Waals surface area (Å²) in [5.74, 6) is -0.930. The fraction of sp³-hybridized carbons (Fsp3) is 0.154. The lowest BCUT2D eigenvalue weighted by Gasteiger charge is -2.34. The molecule has 1 amide bonds. The van der Waals surface area contributed by atoms with Crippen LogP contribution in [0.2, 0.25) is 0 Å². The first kappa shape index (κ1) is 48.0. The summed E-state index contributed by atoms with van der Waals surface area (Å²) in [4.78, 5) is 48.0. The van der Waals surface area contributed by atoms with Gasteiger partial charge in [-0.3, -0.25) is 4.79 Å². The van der Waals surface area contributed by atoms with Crippen LogP contribution in [0.25, 0.3) is 0 Å². The summed E-state index contributed by atoms with van der Waals surface area (Å²) in [6, 6.07) is 61.2. The Morgan fingerprint density at radius 1 is 0.565 bits per heavy atom. The predicted molar refractivity (Wildman–Crippen MR) is 253 cm³/mol. The van der Waals surface area contributed by atoms with Crippen molar-refractivity contribution in [1.29, 1.82) is 0 Å². The van der Waals surface area contributed by atoms with Gasteiger partial charge in [0.15, 0.2) is 0 Å². The first-order valence-corrected chi connectivity index (χ1v) is 21.0. The zero-order valence-corrected chi connectivity index (χ0v) is 36.5. The van der Waals surface area contributed by atoms with E-state index in [1.54, 1.807) is 13.8 Å². The molecule has 10 heteroatoms. The van der Waals surface area contributed by atoms with E-state index in [1.165, 1.54) is 34.5 Å². The standard InChI is InChI=1S/C26H25NO3S.C19H16S.C7H9NO3/c1-20(2)24(28)30-19-18-27-25(29)31-26(21-12-6-3-7-13-21,22-14-8-4-9-15-22)23-16-10-5-11-17-23;20-19(16-10-4-1-5-11-16,17-12-6-2-7-13-17)18-14-8-3-9-15-18;1-6(2)7(10)11-4-3-8-5-9/h3-17H,1,18-19H2,2H3,(H,27,29);1-15,20H;1,3-4H2,2H3. The molecule has 62 heavy (non-hydrogen) atoms. The van der Waals surface area contributed by atoms with Gasteiger partial charge in [0.2, 0.25) is 6.08 Å². The highest BCUT2D eigenvalue weighted by Crippen LogP contribution is 2.48. The molecule has 0 unspecified atom stereocenters. The molecular weight excluding hydrogens is 813 g/mol. The van der Waals surface area contributed by atoms with Gasteiger partial charge in [0, 0.05) is 11.1 Å². The van der Waals surface area contributed by atoms with Gasteiger partial charge in [0.25, 0.3) is 5.24 Å². The fourth-order valence-electron chi connectivity index (χ4n) is 6.18. The van der Waals surface area contributed by atoms with E-state index in [-0.39, 0.29) is 31.5 Å². The minimum Gasteiger partial charge on any atom is -0.460 e. The number of ether oxygens (including phenoxy) is 2. The number of hydrogen-bond donors (Lipinski definition) is 2. The number of benzene rings is 6. The quantitative estimate of drug-likeness (QED) is 0.0201. The lowest BCUT2D eigenvalue weighted by Crippen LogP contribution is -2.32. The van der Waals surface area contributed by atoms with Crippen molar-refractivity contribution in [3.63, 3.8) is 0 Å². The second-order valence-electron chi connectivity index (χ2n) is 13.7. The lowest BCUT2D eigenvalue weighted by atomic mass is 9.84. The zero-order valence-electron chi connectivity index (χ0n) is 34.8. The van der Waals surface area contributed by atoms with Crippen molar-refractivity contribution in [2.24, 2.45) is 4.99 Å². The second kappa shape index (κ2) is 25.2. The summed E-state index contributed by atoms with van der Waals surface area (Å²) in [6.45, 7) is 10.6. The third-order valence-electron chi connectivity index (χ3n) is 9.16. The van der Waals surface area contributed by atoms with E-state index in [0.717, 1.165) is 16.7 Å². The van der Waals surface area contributed by atoms with Crippen molar-refractivity contribution in [3.8, 4) is 0 Å². The summed E-state index contributed by atoms with van der Waals surface area (Å²) in [5, 5.41) is 2.65. The molecule has 0 heterocycles. The molecule has 0 atom stereocenters. The van der Waals surface area contributed by atoms with E-state index in [2.05, 4.69) is 101 Å². The van der Waals surface area contributed by atoms with Crippen LogP contribution in [0.3, 0.4) is 0 Å². The Bertz CT molecular complexity index is 2180. The van der Waals surface area contributed by atoms with Crippen molar-refractivity contribution in [2.45, 2.75) is 23.3 Å². The fourth-order valence-corrected chi connectivity index (χ4v) is 7.84. The number of thioether (sulfide) groups is 1. The van der Waals surface area contributed by atoms with E-state index < -0.39 is 21.4 Å². The molecule has 6 rings (SSSR count). The van der Waals surface area contributed by atoms with Crippen molar-refractivity contribution in [3.05, 3.63) is 240 Å². The Morgan fingerprint density at radius 3 is 1.18 bits per heavy atom. The van der Waals surface area contributed by atoms with Gasteiger partial charge in [0.05, 0.1) is 17.8 Å². The van der Waals surface area contributed by atoms with Crippen LogP contribution >= 0.6 is 24.4 Å². The first-order chi connectivity index (χ1) is 30.0. The molecular formula is C52H50N2O6S2. The van der Waals surface area contributed by atoms with Gasteiger partial charge >= 0.3 is 11.9 Å². The molecule has 0 spiro atoms. The number of amides is 1. The van der Waals surface area contributed by atoms with Crippen LogP contribution in [-0.4, -0.2) is 49.6 Å². The summed E-state index contributed by atoms with van der Waals surface area (Å²) >= 11 is 6.30. The maximum absolute atomic E-state index is 13.1. The number of rotatable bonds is 15. The largest absolute Gasteiger partial charge is 0.460 e. The van der Waals surface area contributed by atoms with Gasteiger partial charge in [-0.25, -0.2) is 19.4 Å². The van der Waals surface area contributed by atoms with Crippen LogP contribution < -0.4 is 5.32 Å². The Hall–Kier alpha value is -6.71. The number of aliphatic imine (C=N–C) groups is 1. The number of nitrogens with zero attached hydrogens (tertiary/aromatic N) is 1. The summed E-state index contributed by atoms with van der Waals surface area (Å²) in [7, 11) is 0. The van der Waals surface area contributed by atoms with Gasteiger partial charge < -0.3 is 14.8 Å². The molecule has 0 aromatic heterocycles. The molecule has 0 fully saturated rings. The highest BCUT2D eigenvalue weighted by Gasteiger charge is 2.39. The number of carbonyl (C=O) groups is 3. The average molecular weight is 863 g/mol. The van der Waals surface area contributed by atoms with Gasteiger partial charge in [-0.05, 0) is 59.0 Å². The Balaban J connectivity index is 0.000000232. The summed E-state index contributed by atoms with van der Waals surface area (Å²) in [6.07, 6.45) is 1.33. The lowest BCUT2D eigenvalue weighted by molar-refractivity contribution is -0.139. The molecule has 0 saturated heterocycles. The molecule has 6 aromatic carbocycles. The van der Waals surface area contributed by atoms with Gasteiger partial charge in [-0.15, -0.1) is 0 Å². The smallest absolute Gasteiger partial charge is 0.333 e. The average Bonchev–Trinajstić information content (AvgIpc) is 3.32. The normalized spacial score (nSPS) is 10.5. The van der Waals surface area contributed by atoms with Crippen LogP contribution in [0.1, 0.15) is 47.2 Å². The van der Waals surface area contributed by atoms with Crippen molar-refractivity contribution < 1.29 is 28.7 Å². The van der Waals surface area contributed by atoms with Gasteiger partial charge in [-0.2, -0.15) is 12.6 Å². The number of carbonyl (C=O) groups excluding carboxylic acids is 4. The number of hydrogen-bond acceptors (Lipinski definition) is 9. The third kappa shape index (κ3) is 13.7. The third-order valence-corrected chi connectivity index (χ3v) is 11.3. The van der Waals surface area contributed by atoms with Crippen molar-refractivity contribution >= 4 is 47.6 Å². The van der Waals surface area contributed by atoms with Gasteiger partial charge in [0.1, 0.15) is 18.0 Å². The molecule has 0 aliphatic rings. The molecule has 0 aliphatic carbocycles. The maximum atomic E-state index is 13.1. The number of nitrogens with one attached hydrogen (secondary N) is 1. The molecule has 1 N–H and O–H groups in total. The Morgan fingerprint density at radius 2 is 0.871 bits per heavy atom. The van der Waals surface area contributed by atoms with Crippen LogP contribution in [0.5, 0.6) is 0 Å². The SMILES string of the molecule is C=C(C)C(=O)OCCN=C=O.C=C(C)C(=O)OCCNC(=O)SC(c1ccccc1)(c1ccccc1)c1ccccc1.SC(c1ccccc1)(c1ccccc1)c1ccccc1. The molecule has 316 valence electrons. The highest BCUT2D eigenvalue weighted by molar-refractivity contribution is 8.14. The Kier molecular flexibility index (Phi) is 19.5. The maximum Gasteiger partial charge on any atom is 0.333 e. The first-order valence-electron chi connectivity index (χ1n) is 19.7. The number of isocyanates is 1. The summed E-state index contributed by atoms with van der Waals surface area (Å²) in [5.41, 5.74) is 7.21. The van der Waals surface area contributed by atoms with Crippen molar-refractivity contribution in [1.82, 2.24) is 5.32 Å². The number of thiol groups is 1. The molecule has 0 saturated carbocycles. The molecule has 6 aromatic rings. The minimum absolute atomic E-state index is 0.0903. The van der Waals surface area contributed by atoms with Crippen molar-refractivity contribution in [2.75, 3.05) is 26.3 Å². The molecule has 8 nitrogen and oxygen atoms in total. The predicted octanol–water partition coefficient (Wildman–Crippen LogP) is 10.9. The van der Waals surface area contributed by atoms with Gasteiger partial charge in [-0.1, -0.05) is 195 Å². The summed E-state index contributed by atoms with van der Waals surface area (Å²) < 4.78 is 8.51. The molecule has 0 bridgehead atoms. The van der Waals surface area contributed by atoms with Crippen LogP contribution in [-0.2, 0) is 33.4 Å². The van der Waals surface area contributed by atoms with E-state index >= 15 is 0 Å². The van der Waals surface area contributed by atoms with Crippen LogP contribution in [0.4, 0.5) is 4.79 Å². The highest BCUT2D eigenvalue weighted by atomic mass is 32.2. The van der Waals surface area contributed by atoms with Crippen LogP contribution in [0.15, 0.2) is 211 Å². The molecule has 0 radical (unpaired) electrons. The number of esters is 2. The monoisotopic (exact) mass is 862 g/mol. The zero-order chi connectivity index (χ0) is 44.6. The van der Waals surface area contributed by atoms with E-state index in [9.17, 15) is 19.2 Å². The second-order valence-corrected chi connectivity index (χ2v) is 15.6. The minimum atomic E-state index is -0.734. The molecule has 0 aliphatic heterocycles. The topological polar surface area (TPSA) is 111 Å². The van der Waals surface area contributed by atoms with E-state index in [1.807, 2.05) is 109 Å². The van der Waals surface area contributed by atoms with Crippen LogP contribution in [0, 0.1) is 0 Å².